The normalized spacial score (nSPS) is 27.2. The number of hydrogen-bond donors (Lipinski definition) is 1. The minimum atomic E-state index is 0.00517. The number of ether oxygens (including phenoxy) is 1. The predicted molar refractivity (Wildman–Crippen MR) is 72.2 cm³/mol. The second kappa shape index (κ2) is 5.17. The summed E-state index contributed by atoms with van der Waals surface area (Å²) in [6, 6.07) is 4.71. The lowest BCUT2D eigenvalue weighted by molar-refractivity contribution is -0.00923. The average molecular weight is 304 g/mol. The predicted octanol–water partition coefficient (Wildman–Crippen LogP) is 3.21. The Balaban J connectivity index is 2.05. The monoisotopic (exact) mass is 303 g/mol. The Labute approximate surface area is 110 Å². The van der Waals surface area contributed by atoms with Crippen LogP contribution in [0.3, 0.4) is 0 Å². The first-order chi connectivity index (χ1) is 7.64. The molecule has 16 heavy (non-hydrogen) atoms. The molecule has 1 aromatic rings. The second-order valence-corrected chi connectivity index (χ2v) is 7.06. The fourth-order valence-electron chi connectivity index (χ4n) is 2.36. The van der Waals surface area contributed by atoms with E-state index in [2.05, 4.69) is 40.3 Å². The van der Waals surface area contributed by atoms with Crippen LogP contribution in [0.2, 0.25) is 0 Å². The van der Waals surface area contributed by atoms with Crippen molar-refractivity contribution in [2.45, 2.75) is 37.8 Å². The van der Waals surface area contributed by atoms with Gasteiger partial charge in [-0.25, -0.2) is 0 Å². The van der Waals surface area contributed by atoms with Crippen LogP contribution in [-0.2, 0) is 11.2 Å². The van der Waals surface area contributed by atoms with Crippen molar-refractivity contribution in [1.29, 1.82) is 0 Å². The summed E-state index contributed by atoms with van der Waals surface area (Å²) in [5, 5.41) is 3.41. The number of likely N-dealkylation sites (N-methyl/N-ethyl adjacent to an activating group) is 1. The highest BCUT2D eigenvalue weighted by Crippen LogP contribution is 2.32. The molecule has 0 aliphatic carbocycles. The zero-order chi connectivity index (χ0) is 11.6. The van der Waals surface area contributed by atoms with E-state index in [9.17, 15) is 0 Å². The van der Waals surface area contributed by atoms with Crippen molar-refractivity contribution in [3.8, 4) is 0 Å². The van der Waals surface area contributed by atoms with E-state index in [1.807, 2.05) is 18.4 Å². The molecule has 2 nitrogen and oxygen atoms in total. The Morgan fingerprint density at radius 1 is 1.62 bits per heavy atom. The van der Waals surface area contributed by atoms with E-state index in [4.69, 9.17) is 4.74 Å². The zero-order valence-corrected chi connectivity index (χ0v) is 12.2. The topological polar surface area (TPSA) is 21.3 Å². The van der Waals surface area contributed by atoms with Crippen LogP contribution in [0, 0.1) is 0 Å². The second-order valence-electron chi connectivity index (χ2n) is 4.52. The summed E-state index contributed by atoms with van der Waals surface area (Å²) in [7, 11) is 2.03. The van der Waals surface area contributed by atoms with Crippen LogP contribution in [-0.4, -0.2) is 25.3 Å². The van der Waals surface area contributed by atoms with Crippen molar-refractivity contribution in [2.75, 3.05) is 13.7 Å². The van der Waals surface area contributed by atoms with Gasteiger partial charge in [0.1, 0.15) is 0 Å². The van der Waals surface area contributed by atoms with Gasteiger partial charge in [0.15, 0.2) is 0 Å². The highest BCUT2D eigenvalue weighted by atomic mass is 79.9. The smallest absolute Gasteiger partial charge is 0.0811 e. The highest BCUT2D eigenvalue weighted by Gasteiger charge is 2.37. The third kappa shape index (κ3) is 2.67. The summed E-state index contributed by atoms with van der Waals surface area (Å²) in [5.41, 5.74) is 0.00517. The van der Waals surface area contributed by atoms with Crippen molar-refractivity contribution in [3.05, 3.63) is 20.8 Å². The fraction of sp³-hybridized carbons (Fsp3) is 0.667. The van der Waals surface area contributed by atoms with E-state index in [1.165, 1.54) is 15.1 Å². The van der Waals surface area contributed by atoms with Crippen molar-refractivity contribution in [3.63, 3.8) is 0 Å². The average Bonchev–Trinajstić information content (AvgIpc) is 2.85. The molecular formula is C12H18BrNOS. The van der Waals surface area contributed by atoms with Gasteiger partial charge in [0, 0.05) is 17.5 Å². The maximum Gasteiger partial charge on any atom is 0.0811 e. The molecule has 1 aromatic heterocycles. The summed E-state index contributed by atoms with van der Waals surface area (Å²) >= 11 is 5.32. The molecule has 4 heteroatoms. The van der Waals surface area contributed by atoms with Crippen LogP contribution >= 0.6 is 27.3 Å². The molecular weight excluding hydrogens is 286 g/mol. The maximum atomic E-state index is 5.90. The van der Waals surface area contributed by atoms with Gasteiger partial charge in [0.2, 0.25) is 0 Å². The molecule has 0 amide bonds. The van der Waals surface area contributed by atoms with Crippen LogP contribution in [0.25, 0.3) is 0 Å². The van der Waals surface area contributed by atoms with E-state index in [1.54, 1.807) is 0 Å². The summed E-state index contributed by atoms with van der Waals surface area (Å²) < 4.78 is 7.11. The first-order valence-corrected chi connectivity index (χ1v) is 7.30. The molecule has 2 rings (SSSR count). The Morgan fingerprint density at radius 3 is 2.94 bits per heavy atom. The SMILES string of the molecule is CNC(Cc1ccc(Br)s1)C1(C)CCCO1. The fourth-order valence-corrected chi connectivity index (χ4v) is 3.89. The lowest BCUT2D eigenvalue weighted by Crippen LogP contribution is -2.48. The largest absolute Gasteiger partial charge is 0.374 e. The van der Waals surface area contributed by atoms with Gasteiger partial charge in [-0.05, 0) is 61.3 Å². The standard InChI is InChI=1S/C12H18BrNOS/c1-12(6-3-7-15-12)10(14-2)8-9-4-5-11(13)16-9/h4-5,10,14H,3,6-8H2,1-2H3. The van der Waals surface area contributed by atoms with Gasteiger partial charge in [-0.3, -0.25) is 0 Å². The van der Waals surface area contributed by atoms with E-state index >= 15 is 0 Å². The van der Waals surface area contributed by atoms with E-state index < -0.39 is 0 Å². The minimum Gasteiger partial charge on any atom is -0.374 e. The minimum absolute atomic E-state index is 0.00517. The molecule has 1 aliphatic heterocycles. The number of halogens is 1. The molecule has 0 spiro atoms. The molecule has 1 N–H and O–H groups in total. The summed E-state index contributed by atoms with van der Waals surface area (Å²) in [4.78, 5) is 1.41. The molecule has 0 bridgehead atoms. The van der Waals surface area contributed by atoms with Crippen LogP contribution < -0.4 is 5.32 Å². The molecule has 1 aliphatic rings. The molecule has 0 saturated carbocycles. The van der Waals surface area contributed by atoms with Crippen molar-refractivity contribution in [1.82, 2.24) is 5.32 Å². The van der Waals surface area contributed by atoms with E-state index in [-0.39, 0.29) is 5.60 Å². The number of hydrogen-bond acceptors (Lipinski definition) is 3. The van der Waals surface area contributed by atoms with E-state index in [0.29, 0.717) is 6.04 Å². The first-order valence-electron chi connectivity index (χ1n) is 5.69. The highest BCUT2D eigenvalue weighted by molar-refractivity contribution is 9.11. The van der Waals surface area contributed by atoms with Crippen LogP contribution in [0.1, 0.15) is 24.6 Å². The van der Waals surface area contributed by atoms with Crippen molar-refractivity contribution >= 4 is 27.3 Å². The lowest BCUT2D eigenvalue weighted by atomic mass is 9.90. The Kier molecular flexibility index (Phi) is 4.06. The van der Waals surface area contributed by atoms with Gasteiger partial charge in [0.25, 0.3) is 0 Å². The van der Waals surface area contributed by atoms with Crippen LogP contribution in [0.5, 0.6) is 0 Å². The first kappa shape index (κ1) is 12.6. The third-order valence-corrected chi connectivity index (χ3v) is 5.02. The Morgan fingerprint density at radius 2 is 2.44 bits per heavy atom. The van der Waals surface area contributed by atoms with Gasteiger partial charge >= 0.3 is 0 Å². The summed E-state index contributed by atoms with van der Waals surface area (Å²) in [5.74, 6) is 0. The van der Waals surface area contributed by atoms with Crippen molar-refractivity contribution in [2.24, 2.45) is 0 Å². The Hall–Kier alpha value is 0.1000. The van der Waals surface area contributed by atoms with Crippen LogP contribution in [0.15, 0.2) is 15.9 Å². The molecule has 2 heterocycles. The zero-order valence-electron chi connectivity index (χ0n) is 9.75. The van der Waals surface area contributed by atoms with Gasteiger partial charge in [-0.1, -0.05) is 0 Å². The Bertz CT molecular complexity index is 347. The van der Waals surface area contributed by atoms with Gasteiger partial charge in [-0.2, -0.15) is 0 Å². The molecule has 0 radical (unpaired) electrons. The third-order valence-electron chi connectivity index (χ3n) is 3.37. The van der Waals surface area contributed by atoms with Gasteiger partial charge in [-0.15, -0.1) is 11.3 Å². The summed E-state index contributed by atoms with van der Waals surface area (Å²) in [6.45, 7) is 3.13. The number of thiophene rings is 1. The molecule has 0 aromatic carbocycles. The number of rotatable bonds is 4. The molecule has 2 unspecified atom stereocenters. The molecule has 1 fully saturated rings. The van der Waals surface area contributed by atoms with Gasteiger partial charge in [0.05, 0.1) is 9.39 Å². The quantitative estimate of drug-likeness (QED) is 0.922. The molecule has 2 atom stereocenters. The molecule has 90 valence electrons. The maximum absolute atomic E-state index is 5.90. The molecule has 1 saturated heterocycles. The number of nitrogens with one attached hydrogen (secondary N) is 1. The summed E-state index contributed by atoms with van der Waals surface area (Å²) in [6.07, 6.45) is 3.39. The van der Waals surface area contributed by atoms with E-state index in [0.717, 1.165) is 19.4 Å². The van der Waals surface area contributed by atoms with Crippen LogP contribution in [0.4, 0.5) is 0 Å². The van der Waals surface area contributed by atoms with Gasteiger partial charge < -0.3 is 10.1 Å². The lowest BCUT2D eigenvalue weighted by Gasteiger charge is -2.33. The van der Waals surface area contributed by atoms with Crippen molar-refractivity contribution < 1.29 is 4.74 Å².